The first kappa shape index (κ1) is 14.0. The molecule has 0 amide bonds. The molecule has 0 bridgehead atoms. The number of anilines is 1. The number of nitrogen functional groups attached to an aromatic ring is 1. The van der Waals surface area contributed by atoms with E-state index in [4.69, 9.17) is 26.8 Å². The Kier molecular flexibility index (Phi) is 4.56. The molecule has 0 spiro atoms. The Hall–Kier alpha value is -1.39. The van der Waals surface area contributed by atoms with Gasteiger partial charge in [0.05, 0.1) is 11.6 Å². The van der Waals surface area contributed by atoms with Crippen LogP contribution in [0.2, 0.25) is 5.02 Å². The molecule has 0 heterocycles. The minimum absolute atomic E-state index is 0.531. The Morgan fingerprint density at radius 3 is 2.63 bits per heavy atom. The van der Waals surface area contributed by atoms with Gasteiger partial charge in [0.25, 0.3) is 0 Å². The molecule has 0 fully saturated rings. The lowest BCUT2D eigenvalue weighted by Gasteiger charge is -2.11. The van der Waals surface area contributed by atoms with Gasteiger partial charge < -0.3 is 15.2 Å². The summed E-state index contributed by atoms with van der Waals surface area (Å²) in [6.07, 6.45) is 0. The first-order valence-corrected chi connectivity index (χ1v) is 6.92. The molecule has 19 heavy (non-hydrogen) atoms. The van der Waals surface area contributed by atoms with E-state index in [1.54, 1.807) is 30.3 Å². The number of hydrogen-bond acceptors (Lipinski definition) is 3. The van der Waals surface area contributed by atoms with Crippen LogP contribution >= 0.6 is 27.5 Å². The van der Waals surface area contributed by atoms with Crippen LogP contribution in [0.15, 0.2) is 40.9 Å². The lowest BCUT2D eigenvalue weighted by molar-refractivity contribution is 0.338. The predicted octanol–water partition coefficient (Wildman–Crippen LogP) is 4.88. The van der Waals surface area contributed by atoms with Gasteiger partial charge in [0.2, 0.25) is 0 Å². The molecule has 0 radical (unpaired) electrons. The van der Waals surface area contributed by atoms with Gasteiger partial charge in [-0.05, 0) is 25.1 Å². The van der Waals surface area contributed by atoms with Crippen molar-refractivity contribution in [1.29, 1.82) is 0 Å². The first-order valence-electron chi connectivity index (χ1n) is 5.74. The summed E-state index contributed by atoms with van der Waals surface area (Å²) >= 11 is 9.45. The molecule has 2 N–H and O–H groups in total. The smallest absolute Gasteiger partial charge is 0.147 e. The highest BCUT2D eigenvalue weighted by atomic mass is 79.9. The molecule has 100 valence electrons. The van der Waals surface area contributed by atoms with Crippen LogP contribution in [-0.2, 0) is 0 Å². The van der Waals surface area contributed by atoms with E-state index in [1.165, 1.54) is 0 Å². The average molecular weight is 343 g/mol. The summed E-state index contributed by atoms with van der Waals surface area (Å²) in [6.45, 7) is 2.48. The Bertz CT molecular complexity index is 590. The highest BCUT2D eigenvalue weighted by molar-refractivity contribution is 9.10. The third-order valence-electron chi connectivity index (χ3n) is 2.33. The second-order valence-corrected chi connectivity index (χ2v) is 5.17. The fourth-order valence-electron chi connectivity index (χ4n) is 1.59. The maximum atomic E-state index is 6.08. The van der Waals surface area contributed by atoms with Crippen LogP contribution < -0.4 is 15.2 Å². The Morgan fingerprint density at radius 2 is 1.89 bits per heavy atom. The number of nitrogens with two attached hydrogens (primary N) is 1. The highest BCUT2D eigenvalue weighted by Gasteiger charge is 2.06. The molecule has 0 aliphatic carbocycles. The lowest BCUT2D eigenvalue weighted by atomic mass is 10.3. The number of rotatable bonds is 4. The maximum absolute atomic E-state index is 6.08. The van der Waals surface area contributed by atoms with Crippen LogP contribution in [0.5, 0.6) is 17.2 Å². The minimum atomic E-state index is 0.531. The molecule has 0 unspecified atom stereocenters. The molecular weight excluding hydrogens is 330 g/mol. The topological polar surface area (TPSA) is 44.5 Å². The van der Waals surface area contributed by atoms with E-state index in [0.29, 0.717) is 34.6 Å². The van der Waals surface area contributed by atoms with Crippen LogP contribution in [0.3, 0.4) is 0 Å². The van der Waals surface area contributed by atoms with Crippen molar-refractivity contribution >= 4 is 33.2 Å². The van der Waals surface area contributed by atoms with Crippen molar-refractivity contribution in [3.63, 3.8) is 0 Å². The zero-order chi connectivity index (χ0) is 13.8. The predicted molar refractivity (Wildman–Crippen MR) is 81.2 cm³/mol. The van der Waals surface area contributed by atoms with Crippen molar-refractivity contribution in [1.82, 2.24) is 0 Å². The number of hydrogen-bond donors (Lipinski definition) is 1. The van der Waals surface area contributed by atoms with Crippen molar-refractivity contribution < 1.29 is 9.47 Å². The normalized spacial score (nSPS) is 10.3. The van der Waals surface area contributed by atoms with Crippen LogP contribution in [0.25, 0.3) is 0 Å². The zero-order valence-electron chi connectivity index (χ0n) is 10.3. The average Bonchev–Trinajstić information content (AvgIpc) is 2.33. The fourth-order valence-corrected chi connectivity index (χ4v) is 2.08. The Morgan fingerprint density at radius 1 is 1.16 bits per heavy atom. The molecule has 0 aromatic heterocycles. The molecule has 3 nitrogen and oxygen atoms in total. The summed E-state index contributed by atoms with van der Waals surface area (Å²) in [4.78, 5) is 0. The van der Waals surface area contributed by atoms with Gasteiger partial charge in [-0.1, -0.05) is 27.5 Å². The summed E-state index contributed by atoms with van der Waals surface area (Å²) in [5, 5.41) is 0.531. The van der Waals surface area contributed by atoms with E-state index in [-0.39, 0.29) is 0 Å². The molecule has 0 saturated carbocycles. The van der Waals surface area contributed by atoms with E-state index in [1.807, 2.05) is 13.0 Å². The van der Waals surface area contributed by atoms with E-state index >= 15 is 0 Å². The van der Waals surface area contributed by atoms with Gasteiger partial charge in [0.15, 0.2) is 0 Å². The van der Waals surface area contributed by atoms with Crippen molar-refractivity contribution in [3.8, 4) is 17.2 Å². The van der Waals surface area contributed by atoms with Crippen LogP contribution in [0.1, 0.15) is 6.92 Å². The summed E-state index contributed by atoms with van der Waals surface area (Å²) in [6, 6.07) is 10.7. The Balaban J connectivity index is 2.29. The van der Waals surface area contributed by atoms with Crippen LogP contribution in [0.4, 0.5) is 5.69 Å². The lowest BCUT2D eigenvalue weighted by Crippen LogP contribution is -1.95. The van der Waals surface area contributed by atoms with E-state index in [2.05, 4.69) is 15.9 Å². The summed E-state index contributed by atoms with van der Waals surface area (Å²) in [5.74, 6) is 1.82. The van der Waals surface area contributed by atoms with E-state index < -0.39 is 0 Å². The van der Waals surface area contributed by atoms with Crippen molar-refractivity contribution in [2.45, 2.75) is 6.92 Å². The van der Waals surface area contributed by atoms with E-state index in [9.17, 15) is 0 Å². The fraction of sp³-hybridized carbons (Fsp3) is 0.143. The summed E-state index contributed by atoms with van der Waals surface area (Å²) in [5.41, 5.74) is 6.39. The largest absolute Gasteiger partial charge is 0.494 e. The number of benzene rings is 2. The van der Waals surface area contributed by atoms with Gasteiger partial charge in [-0.25, -0.2) is 0 Å². The summed E-state index contributed by atoms with van der Waals surface area (Å²) in [7, 11) is 0. The molecule has 0 saturated heterocycles. The third kappa shape index (κ3) is 3.78. The van der Waals surface area contributed by atoms with Crippen molar-refractivity contribution in [2.24, 2.45) is 0 Å². The monoisotopic (exact) mass is 341 g/mol. The second kappa shape index (κ2) is 6.17. The molecule has 0 aliphatic heterocycles. The third-order valence-corrected chi connectivity index (χ3v) is 3.14. The minimum Gasteiger partial charge on any atom is -0.494 e. The Labute approximate surface area is 125 Å². The standard InChI is InChI=1S/C14H13BrClNO2/c1-2-18-11-6-10(17)7-12(8-11)19-14-5-9(15)3-4-13(14)16/h3-8H,2,17H2,1H3. The van der Waals surface area contributed by atoms with Crippen LogP contribution in [-0.4, -0.2) is 6.61 Å². The molecule has 0 atom stereocenters. The molecule has 2 rings (SSSR count). The van der Waals surface area contributed by atoms with Crippen molar-refractivity contribution in [3.05, 3.63) is 45.9 Å². The van der Waals surface area contributed by atoms with Crippen molar-refractivity contribution in [2.75, 3.05) is 12.3 Å². The number of halogens is 2. The molecule has 2 aromatic carbocycles. The van der Waals surface area contributed by atoms with Gasteiger partial charge in [-0.3, -0.25) is 0 Å². The molecule has 5 heteroatoms. The van der Waals surface area contributed by atoms with E-state index in [0.717, 1.165) is 4.47 Å². The summed E-state index contributed by atoms with van der Waals surface area (Å²) < 4.78 is 12.0. The quantitative estimate of drug-likeness (QED) is 0.806. The van der Waals surface area contributed by atoms with Gasteiger partial charge in [0.1, 0.15) is 17.2 Å². The van der Waals surface area contributed by atoms with Gasteiger partial charge >= 0.3 is 0 Å². The highest BCUT2D eigenvalue weighted by Crippen LogP contribution is 2.34. The van der Waals surface area contributed by atoms with Crippen LogP contribution in [0, 0.1) is 0 Å². The first-order chi connectivity index (χ1) is 9.08. The van der Waals surface area contributed by atoms with Gasteiger partial charge in [-0.15, -0.1) is 0 Å². The molecular formula is C14H13BrClNO2. The zero-order valence-corrected chi connectivity index (χ0v) is 12.7. The number of ether oxygens (including phenoxy) is 2. The second-order valence-electron chi connectivity index (χ2n) is 3.85. The molecule has 2 aromatic rings. The molecule has 0 aliphatic rings. The van der Waals surface area contributed by atoms with Gasteiger partial charge in [-0.2, -0.15) is 0 Å². The SMILES string of the molecule is CCOc1cc(N)cc(Oc2cc(Br)ccc2Cl)c1. The van der Waals surface area contributed by atoms with Gasteiger partial charge in [0, 0.05) is 28.4 Å². The maximum Gasteiger partial charge on any atom is 0.147 e.